The number of nitrogens with two attached hydrogens (primary N) is 1. The van der Waals surface area contributed by atoms with Crippen molar-refractivity contribution >= 4 is 39.5 Å². The number of nitrogens with one attached hydrogen (secondary N) is 4. The molecule has 1 fully saturated rings. The van der Waals surface area contributed by atoms with Crippen molar-refractivity contribution in [2.24, 2.45) is 16.6 Å². The van der Waals surface area contributed by atoms with Gasteiger partial charge in [0.05, 0.1) is 18.3 Å². The summed E-state index contributed by atoms with van der Waals surface area (Å²) in [5.74, 6) is -3.07. The lowest BCUT2D eigenvalue weighted by Gasteiger charge is -2.27. The molecular formula is C33H44N8O10S. The van der Waals surface area contributed by atoms with Crippen molar-refractivity contribution in [2.45, 2.75) is 69.3 Å². The van der Waals surface area contributed by atoms with Crippen LogP contribution in [0.3, 0.4) is 0 Å². The number of carbonyl (C=O) groups excluding carboxylic acids is 4. The van der Waals surface area contributed by atoms with E-state index in [1.54, 1.807) is 54.0 Å². The number of carbonyl (C=O) groups is 4. The van der Waals surface area contributed by atoms with Crippen LogP contribution >= 0.6 is 0 Å². The number of ether oxygens (including phenoxy) is 2. The van der Waals surface area contributed by atoms with Gasteiger partial charge in [0, 0.05) is 20.1 Å². The number of ketones is 1. The molecule has 2 aromatic carbocycles. The minimum absolute atomic E-state index is 0.0297. The van der Waals surface area contributed by atoms with Gasteiger partial charge in [0.15, 0.2) is 16.5 Å². The van der Waals surface area contributed by atoms with Gasteiger partial charge in [-0.15, -0.1) is 0 Å². The minimum atomic E-state index is -4.10. The van der Waals surface area contributed by atoms with Gasteiger partial charge in [0.25, 0.3) is 11.9 Å². The van der Waals surface area contributed by atoms with Gasteiger partial charge in [-0.05, 0) is 42.0 Å². The van der Waals surface area contributed by atoms with Crippen LogP contribution in [0.25, 0.3) is 0 Å². The van der Waals surface area contributed by atoms with E-state index in [1.807, 2.05) is 0 Å². The Bertz CT molecular complexity index is 1730. The van der Waals surface area contributed by atoms with E-state index >= 15 is 0 Å². The minimum Gasteiger partial charge on any atom is -0.454 e. The lowest BCUT2D eigenvalue weighted by Crippen LogP contribution is -2.53. The van der Waals surface area contributed by atoms with E-state index in [9.17, 15) is 37.7 Å². The Hall–Kier alpha value is -5.30. The first-order valence-corrected chi connectivity index (χ1v) is 18.4. The zero-order valence-electron chi connectivity index (χ0n) is 28.7. The Balaban J connectivity index is 1.42. The van der Waals surface area contributed by atoms with Gasteiger partial charge < -0.3 is 30.7 Å². The predicted octanol–water partition coefficient (Wildman–Crippen LogP) is 0.489. The maximum atomic E-state index is 13.6. The average Bonchev–Trinajstić information content (AvgIpc) is 3.57. The summed E-state index contributed by atoms with van der Waals surface area (Å²) in [6.07, 6.45) is 4.64. The van der Waals surface area contributed by atoms with E-state index in [0.717, 1.165) is 37.0 Å². The molecule has 1 aliphatic carbocycles. The molecule has 0 bridgehead atoms. The van der Waals surface area contributed by atoms with Crippen LogP contribution in [0.4, 0.5) is 0 Å². The molecule has 2 aliphatic rings. The fraction of sp³-hybridized carbons (Fsp3) is 0.485. The molecule has 19 heteroatoms. The second kappa shape index (κ2) is 18.8. The molecule has 0 saturated heterocycles. The van der Waals surface area contributed by atoms with Gasteiger partial charge in [-0.3, -0.25) is 19.2 Å². The molecule has 18 nitrogen and oxygen atoms in total. The number of amides is 3. The highest BCUT2D eigenvalue weighted by atomic mass is 32.2. The highest BCUT2D eigenvalue weighted by Gasteiger charge is 2.32. The van der Waals surface area contributed by atoms with E-state index in [0.29, 0.717) is 22.6 Å². The largest absolute Gasteiger partial charge is 0.454 e. The number of fused-ring (bicyclic) bond motifs is 1. The first-order chi connectivity index (χ1) is 24.8. The van der Waals surface area contributed by atoms with Crippen molar-refractivity contribution in [2.75, 3.05) is 26.9 Å². The van der Waals surface area contributed by atoms with Crippen LogP contribution < -0.4 is 36.0 Å². The third-order valence-corrected chi connectivity index (χ3v) is 9.90. The third-order valence-electron chi connectivity index (χ3n) is 8.54. The van der Waals surface area contributed by atoms with Crippen molar-refractivity contribution in [1.29, 1.82) is 0 Å². The van der Waals surface area contributed by atoms with Crippen molar-refractivity contribution in [1.82, 2.24) is 25.7 Å². The Morgan fingerprint density at radius 1 is 1.02 bits per heavy atom. The fourth-order valence-corrected chi connectivity index (χ4v) is 7.36. The number of hydrogen-bond acceptors (Lipinski definition) is 11. The molecule has 1 saturated carbocycles. The molecule has 6 N–H and O–H groups in total. The zero-order chi connectivity index (χ0) is 37.7. The zero-order valence-corrected chi connectivity index (χ0v) is 29.6. The Morgan fingerprint density at radius 3 is 2.44 bits per heavy atom. The summed E-state index contributed by atoms with van der Waals surface area (Å²) in [4.78, 5) is 68.8. The summed E-state index contributed by atoms with van der Waals surface area (Å²) >= 11 is 0. The van der Waals surface area contributed by atoms with Crippen LogP contribution in [0.5, 0.6) is 11.5 Å². The van der Waals surface area contributed by atoms with Crippen molar-refractivity contribution in [3.63, 3.8) is 0 Å². The Labute approximate surface area is 301 Å². The second-order valence-electron chi connectivity index (χ2n) is 12.6. The number of hydrazine groups is 1. The van der Waals surface area contributed by atoms with E-state index < -0.39 is 68.9 Å². The van der Waals surface area contributed by atoms with Gasteiger partial charge in [0.1, 0.15) is 6.04 Å². The first kappa shape index (κ1) is 39.5. The van der Waals surface area contributed by atoms with Gasteiger partial charge in [-0.1, -0.05) is 73.9 Å². The third kappa shape index (κ3) is 12.5. The lowest BCUT2D eigenvalue weighted by molar-refractivity contribution is -0.525. The van der Waals surface area contributed by atoms with Gasteiger partial charge >= 0.3 is 0 Å². The smallest absolute Gasteiger partial charge is 0.289 e. The molecule has 2 aromatic rings. The summed E-state index contributed by atoms with van der Waals surface area (Å²) in [6.45, 7) is -0.736. The Kier molecular flexibility index (Phi) is 14.3. The van der Waals surface area contributed by atoms with Crippen LogP contribution in [0, 0.1) is 16.0 Å². The molecule has 0 aromatic heterocycles. The van der Waals surface area contributed by atoms with Crippen LogP contribution in [-0.2, 0) is 41.5 Å². The number of sulfonamides is 1. The van der Waals surface area contributed by atoms with Gasteiger partial charge in [-0.2, -0.15) is 0 Å². The highest BCUT2D eigenvalue weighted by molar-refractivity contribution is 7.88. The van der Waals surface area contributed by atoms with Crippen molar-refractivity contribution in [3.8, 4) is 11.5 Å². The average molecular weight is 745 g/mol. The molecule has 4 rings (SSSR count). The number of guanidine groups is 1. The van der Waals surface area contributed by atoms with Crippen LogP contribution in [-0.4, -0.2) is 86.8 Å². The van der Waals surface area contributed by atoms with E-state index in [2.05, 4.69) is 20.3 Å². The molecule has 52 heavy (non-hydrogen) atoms. The molecular weight excluding hydrogens is 700 g/mol. The summed E-state index contributed by atoms with van der Waals surface area (Å²) in [5.41, 5.74) is 8.26. The molecule has 3 amide bonds. The number of nitrogens with zero attached hydrogens (tertiary/aromatic N) is 3. The topological polar surface area (TPSA) is 254 Å². The molecule has 0 radical (unpaired) electrons. The quantitative estimate of drug-likeness (QED) is 0.0460. The summed E-state index contributed by atoms with van der Waals surface area (Å²) < 4.78 is 39.1. The van der Waals surface area contributed by atoms with Crippen LogP contribution in [0.2, 0.25) is 0 Å². The number of nitro groups is 1. The van der Waals surface area contributed by atoms with E-state index in [4.69, 9.17) is 15.2 Å². The Morgan fingerprint density at radius 2 is 1.73 bits per heavy atom. The first-order valence-electron chi connectivity index (χ1n) is 16.8. The van der Waals surface area contributed by atoms with Gasteiger partial charge in [-0.25, -0.2) is 28.2 Å². The predicted molar refractivity (Wildman–Crippen MR) is 187 cm³/mol. The molecule has 2 atom stereocenters. The molecule has 1 aliphatic heterocycles. The lowest BCUT2D eigenvalue weighted by atomic mass is 9.84. The number of Topliss-reactive ketones (excluding diaryl/α,β-unsaturated/α-hetero) is 1. The monoisotopic (exact) mass is 744 g/mol. The standard InChI is InChI=1S/C33H44N8O10S/c1-40(32(45)25(14-15-35-33(34)38-41(46)47)39-52(48,49)20-23-10-6-3-7-11-23)19-29(42)37-26(16-22-8-4-2-5-9-22)30(43)31(44)36-18-24-12-13-27-28(17-24)51-21-50-27/h3,6-7,10-13,17,22,25-26,39H,2,4-5,8-9,14-16,18-21H2,1H3,(H,36,44)(H,37,42)(H3,34,35,38)/t25-,26+/m1/s1. The number of aliphatic imine (C=N–C) groups is 1. The van der Waals surface area contributed by atoms with E-state index in [1.165, 1.54) is 7.05 Å². The summed E-state index contributed by atoms with van der Waals surface area (Å²) in [6, 6.07) is 10.8. The second-order valence-corrected chi connectivity index (χ2v) is 14.4. The maximum absolute atomic E-state index is 13.6. The normalized spacial score (nSPS) is 15.6. The van der Waals surface area contributed by atoms with Crippen LogP contribution in [0.15, 0.2) is 53.5 Å². The number of benzene rings is 2. The van der Waals surface area contributed by atoms with E-state index in [-0.39, 0.29) is 38.6 Å². The molecule has 1 heterocycles. The molecule has 0 spiro atoms. The number of hydrogen-bond donors (Lipinski definition) is 5. The molecule has 282 valence electrons. The SMILES string of the molecule is CN(CC(=O)N[C@@H](CC1CCCCC1)C(=O)C(=O)NCc1ccc2c(c1)OCO2)C(=O)[C@@H](CCN=C(N)N[N+](=O)[O-])NS(=O)(=O)Cc1ccccc1. The summed E-state index contributed by atoms with van der Waals surface area (Å²) in [5, 5.41) is 15.0. The fourth-order valence-electron chi connectivity index (χ4n) is 5.99. The number of rotatable bonds is 18. The van der Waals surface area contributed by atoms with Crippen molar-refractivity contribution in [3.05, 3.63) is 69.8 Å². The highest BCUT2D eigenvalue weighted by Crippen LogP contribution is 2.32. The summed E-state index contributed by atoms with van der Waals surface area (Å²) in [7, 11) is -2.82. The molecule has 0 unspecified atom stereocenters. The number of likely N-dealkylation sites (N-methyl/N-ethyl adjacent to an activating group) is 1. The van der Waals surface area contributed by atoms with Crippen molar-refractivity contribution < 1.29 is 42.1 Å². The van der Waals surface area contributed by atoms with Gasteiger partial charge in [0.2, 0.25) is 34.4 Å². The maximum Gasteiger partial charge on any atom is 0.289 e. The van der Waals surface area contributed by atoms with Crippen LogP contribution in [0.1, 0.15) is 56.1 Å².